The van der Waals surface area contributed by atoms with Crippen LogP contribution in [0.3, 0.4) is 0 Å². The molecule has 8 nitrogen and oxygen atoms in total. The Morgan fingerprint density at radius 1 is 1.00 bits per heavy atom. The van der Waals surface area contributed by atoms with Crippen molar-refractivity contribution in [1.82, 2.24) is 25.4 Å². The third kappa shape index (κ3) is 3.69. The van der Waals surface area contributed by atoms with Gasteiger partial charge in [0.25, 0.3) is 0 Å². The van der Waals surface area contributed by atoms with Crippen molar-refractivity contribution in [3.63, 3.8) is 0 Å². The van der Waals surface area contributed by atoms with Gasteiger partial charge in [0, 0.05) is 32.6 Å². The van der Waals surface area contributed by atoms with Crippen molar-refractivity contribution in [2.75, 3.05) is 31.1 Å². The van der Waals surface area contributed by atoms with Gasteiger partial charge in [0.2, 0.25) is 5.89 Å². The lowest BCUT2D eigenvalue weighted by atomic mass is 10.1. The number of anilines is 1. The van der Waals surface area contributed by atoms with E-state index in [0.29, 0.717) is 18.9 Å². The molecule has 130 valence electrons. The highest BCUT2D eigenvalue weighted by molar-refractivity contribution is 5.41. The number of benzene rings is 1. The summed E-state index contributed by atoms with van der Waals surface area (Å²) in [5.41, 5.74) is 2.01. The molecule has 0 atom stereocenters. The quantitative estimate of drug-likeness (QED) is 0.693. The van der Waals surface area contributed by atoms with Gasteiger partial charge in [0.05, 0.1) is 6.54 Å². The fourth-order valence-electron chi connectivity index (χ4n) is 3.03. The van der Waals surface area contributed by atoms with E-state index in [9.17, 15) is 0 Å². The summed E-state index contributed by atoms with van der Waals surface area (Å²) >= 11 is 0. The number of nitrogens with zero attached hydrogens (tertiary/aromatic N) is 6. The summed E-state index contributed by atoms with van der Waals surface area (Å²) in [6, 6.07) is 10.2. The van der Waals surface area contributed by atoms with Crippen LogP contribution in [0.2, 0.25) is 0 Å². The minimum atomic E-state index is 0.665. The summed E-state index contributed by atoms with van der Waals surface area (Å²) in [6.07, 6.45) is 0.691. The Labute approximate surface area is 145 Å². The van der Waals surface area contributed by atoms with Crippen molar-refractivity contribution >= 4 is 5.82 Å². The van der Waals surface area contributed by atoms with Gasteiger partial charge in [0.15, 0.2) is 11.6 Å². The van der Waals surface area contributed by atoms with Gasteiger partial charge in [-0.3, -0.25) is 4.90 Å². The summed E-state index contributed by atoms with van der Waals surface area (Å²) in [7, 11) is 0. The molecule has 3 heterocycles. The maximum Gasteiger partial charge on any atom is 0.240 e. The average molecular weight is 340 g/mol. The van der Waals surface area contributed by atoms with Gasteiger partial charge < -0.3 is 9.42 Å². The van der Waals surface area contributed by atoms with Crippen LogP contribution < -0.4 is 4.90 Å². The maximum atomic E-state index is 5.40. The van der Waals surface area contributed by atoms with E-state index >= 15 is 0 Å². The molecule has 3 aromatic rings. The smallest absolute Gasteiger partial charge is 0.240 e. The van der Waals surface area contributed by atoms with Crippen molar-refractivity contribution in [3.05, 3.63) is 53.3 Å². The van der Waals surface area contributed by atoms with Crippen LogP contribution >= 0.6 is 0 Å². The van der Waals surface area contributed by atoms with Crippen LogP contribution in [0, 0.1) is 6.92 Å². The second-order valence-electron chi connectivity index (χ2n) is 6.20. The number of aromatic nitrogens is 4. The molecule has 0 aliphatic carbocycles. The molecule has 1 saturated heterocycles. The molecule has 1 aliphatic heterocycles. The molecule has 0 spiro atoms. The molecular formula is C17H20N6O2. The number of hydrogen-bond acceptors (Lipinski definition) is 8. The first-order valence-electron chi connectivity index (χ1n) is 8.40. The van der Waals surface area contributed by atoms with Crippen LogP contribution in [0.25, 0.3) is 0 Å². The van der Waals surface area contributed by atoms with Gasteiger partial charge in [-0.2, -0.15) is 4.98 Å². The standard InChI is InChI=1S/C17H20N6O2/c1-13-17(21-25-19-13)23-9-7-22(8-10-23)12-16-18-15(20-24-16)11-14-5-3-2-4-6-14/h2-6H,7-12H2,1H3. The number of piperazine rings is 1. The molecule has 8 heteroatoms. The van der Waals surface area contributed by atoms with E-state index in [-0.39, 0.29) is 0 Å². The molecule has 0 bridgehead atoms. The second-order valence-corrected chi connectivity index (χ2v) is 6.20. The molecule has 25 heavy (non-hydrogen) atoms. The maximum absolute atomic E-state index is 5.40. The average Bonchev–Trinajstić information content (AvgIpc) is 3.26. The number of aryl methyl sites for hydroxylation is 1. The van der Waals surface area contributed by atoms with E-state index < -0.39 is 0 Å². The number of hydrogen-bond donors (Lipinski definition) is 0. The van der Waals surface area contributed by atoms with Crippen LogP contribution in [0.4, 0.5) is 5.82 Å². The molecule has 1 aliphatic rings. The minimum absolute atomic E-state index is 0.665. The molecule has 0 radical (unpaired) electrons. The lowest BCUT2D eigenvalue weighted by Crippen LogP contribution is -2.46. The lowest BCUT2D eigenvalue weighted by molar-refractivity contribution is 0.214. The van der Waals surface area contributed by atoms with E-state index in [4.69, 9.17) is 9.15 Å². The molecule has 0 saturated carbocycles. The summed E-state index contributed by atoms with van der Waals surface area (Å²) in [4.78, 5) is 9.01. The molecule has 4 rings (SSSR count). The van der Waals surface area contributed by atoms with Gasteiger partial charge in [0.1, 0.15) is 5.69 Å². The zero-order valence-electron chi connectivity index (χ0n) is 14.1. The van der Waals surface area contributed by atoms with E-state index in [2.05, 4.69) is 42.4 Å². The predicted molar refractivity (Wildman–Crippen MR) is 90.1 cm³/mol. The van der Waals surface area contributed by atoms with Gasteiger partial charge in [-0.25, -0.2) is 4.63 Å². The van der Waals surface area contributed by atoms with Crippen LogP contribution in [0.5, 0.6) is 0 Å². The molecule has 2 aromatic heterocycles. The normalized spacial score (nSPS) is 15.6. The summed E-state index contributed by atoms with van der Waals surface area (Å²) in [6.45, 7) is 6.14. The summed E-state index contributed by atoms with van der Waals surface area (Å²) in [5.74, 6) is 2.23. The Bertz CT molecular complexity index is 807. The highest BCUT2D eigenvalue weighted by atomic mass is 16.6. The molecular weight excluding hydrogens is 320 g/mol. The Morgan fingerprint density at radius 3 is 2.52 bits per heavy atom. The minimum Gasteiger partial charge on any atom is -0.350 e. The largest absolute Gasteiger partial charge is 0.350 e. The van der Waals surface area contributed by atoms with Crippen molar-refractivity contribution in [2.24, 2.45) is 0 Å². The van der Waals surface area contributed by atoms with E-state index in [1.165, 1.54) is 5.56 Å². The first-order valence-corrected chi connectivity index (χ1v) is 8.40. The fourth-order valence-corrected chi connectivity index (χ4v) is 3.03. The SMILES string of the molecule is Cc1nonc1N1CCN(Cc2nc(Cc3ccccc3)no2)CC1. The first-order chi connectivity index (χ1) is 12.3. The Morgan fingerprint density at radius 2 is 1.80 bits per heavy atom. The van der Waals surface area contributed by atoms with Gasteiger partial charge in [-0.15, -0.1) is 0 Å². The third-order valence-corrected chi connectivity index (χ3v) is 4.37. The van der Waals surface area contributed by atoms with E-state index in [1.807, 2.05) is 25.1 Å². The molecule has 0 N–H and O–H groups in total. The van der Waals surface area contributed by atoms with Crippen LogP contribution in [-0.2, 0) is 13.0 Å². The van der Waals surface area contributed by atoms with Gasteiger partial charge in [-0.05, 0) is 17.6 Å². The Kier molecular flexibility index (Phi) is 4.43. The topological polar surface area (TPSA) is 84.3 Å². The van der Waals surface area contributed by atoms with Gasteiger partial charge in [-0.1, -0.05) is 40.6 Å². The monoisotopic (exact) mass is 340 g/mol. The van der Waals surface area contributed by atoms with Crippen molar-refractivity contribution < 1.29 is 9.15 Å². The Balaban J connectivity index is 1.31. The predicted octanol–water partition coefficient (Wildman–Crippen LogP) is 1.67. The van der Waals surface area contributed by atoms with E-state index in [1.54, 1.807) is 0 Å². The van der Waals surface area contributed by atoms with Crippen LogP contribution in [0.1, 0.15) is 23.0 Å². The molecule has 0 amide bonds. The van der Waals surface area contributed by atoms with Crippen LogP contribution in [0.15, 0.2) is 39.5 Å². The first kappa shape index (κ1) is 15.8. The molecule has 0 unspecified atom stereocenters. The van der Waals surface area contributed by atoms with Gasteiger partial charge >= 0.3 is 0 Å². The third-order valence-electron chi connectivity index (χ3n) is 4.37. The lowest BCUT2D eigenvalue weighted by Gasteiger charge is -2.33. The number of rotatable bonds is 5. The molecule has 1 fully saturated rings. The summed E-state index contributed by atoms with van der Waals surface area (Å²) in [5, 5.41) is 11.9. The second kappa shape index (κ2) is 7.02. The fraction of sp³-hybridized carbons (Fsp3) is 0.412. The van der Waals surface area contributed by atoms with Crippen molar-refractivity contribution in [1.29, 1.82) is 0 Å². The molecule has 1 aromatic carbocycles. The zero-order chi connectivity index (χ0) is 17.1. The highest BCUT2D eigenvalue weighted by Crippen LogP contribution is 2.17. The van der Waals surface area contributed by atoms with Crippen molar-refractivity contribution in [2.45, 2.75) is 19.9 Å². The van der Waals surface area contributed by atoms with Crippen LogP contribution in [-0.4, -0.2) is 51.5 Å². The zero-order valence-corrected chi connectivity index (χ0v) is 14.1. The Hall–Kier alpha value is -2.74. The highest BCUT2D eigenvalue weighted by Gasteiger charge is 2.22. The summed E-state index contributed by atoms with van der Waals surface area (Å²) < 4.78 is 10.2. The van der Waals surface area contributed by atoms with Crippen molar-refractivity contribution in [3.8, 4) is 0 Å². The van der Waals surface area contributed by atoms with E-state index in [0.717, 1.165) is 43.5 Å².